The van der Waals surface area contributed by atoms with E-state index in [4.69, 9.17) is 0 Å². The molecule has 2 aliphatic rings. The van der Waals surface area contributed by atoms with Crippen LogP contribution < -0.4 is 5.32 Å². The summed E-state index contributed by atoms with van der Waals surface area (Å²) in [6.45, 7) is 1.14. The van der Waals surface area contributed by atoms with Crippen molar-refractivity contribution >= 4 is 44.0 Å². The van der Waals surface area contributed by atoms with Crippen molar-refractivity contribution in [1.82, 2.24) is 14.5 Å². The van der Waals surface area contributed by atoms with E-state index in [1.165, 1.54) is 52.4 Å². The Morgan fingerprint density at radius 3 is 2.54 bits per heavy atom. The standard InChI is InChI=1S/C18H22N4O3S3/c23-16(12-26-18-21-20-17(27-18)19-14-6-7-14)13-4-8-15(9-5-13)28(24,25)22-10-2-1-3-11-22/h4-5,8-9,14H,1-3,6-7,10-12H2,(H,19,20). The van der Waals surface area contributed by atoms with E-state index < -0.39 is 10.0 Å². The number of hydrogen-bond acceptors (Lipinski definition) is 8. The SMILES string of the molecule is O=C(CSc1nnc(NC2CC2)s1)c1ccc(S(=O)(=O)N2CCCCC2)cc1. The van der Waals surface area contributed by atoms with E-state index in [2.05, 4.69) is 15.5 Å². The van der Waals surface area contributed by atoms with Crippen molar-refractivity contribution in [2.45, 2.75) is 47.4 Å². The van der Waals surface area contributed by atoms with Crippen LogP contribution in [-0.2, 0) is 10.0 Å². The molecular weight excluding hydrogens is 416 g/mol. The summed E-state index contributed by atoms with van der Waals surface area (Å²) in [4.78, 5) is 12.7. The molecule has 0 radical (unpaired) electrons. The van der Waals surface area contributed by atoms with Crippen LogP contribution in [0.4, 0.5) is 5.13 Å². The molecule has 1 N–H and O–H groups in total. The number of Topliss-reactive ketones (excluding diaryl/α,β-unsaturated/α-hetero) is 1. The maximum Gasteiger partial charge on any atom is 0.243 e. The van der Waals surface area contributed by atoms with Gasteiger partial charge in [0.2, 0.25) is 15.2 Å². The van der Waals surface area contributed by atoms with Crippen LogP contribution in [0, 0.1) is 0 Å². The Labute approximate surface area is 173 Å². The van der Waals surface area contributed by atoms with Crippen molar-refractivity contribution in [3.63, 3.8) is 0 Å². The molecule has 1 aliphatic carbocycles. The number of benzene rings is 1. The Morgan fingerprint density at radius 1 is 1.14 bits per heavy atom. The monoisotopic (exact) mass is 438 g/mol. The lowest BCUT2D eigenvalue weighted by Crippen LogP contribution is -2.35. The van der Waals surface area contributed by atoms with E-state index in [1.54, 1.807) is 12.1 Å². The number of piperidine rings is 1. The highest BCUT2D eigenvalue weighted by atomic mass is 32.2. The first-order chi connectivity index (χ1) is 13.5. The molecule has 2 aromatic rings. The van der Waals surface area contributed by atoms with Crippen LogP contribution in [-0.4, -0.2) is 53.6 Å². The lowest BCUT2D eigenvalue weighted by Gasteiger charge is -2.25. The molecular formula is C18H22N4O3S3. The summed E-state index contributed by atoms with van der Waals surface area (Å²) < 4.78 is 27.6. The van der Waals surface area contributed by atoms with Crippen molar-refractivity contribution in [3.05, 3.63) is 29.8 Å². The molecule has 4 rings (SSSR count). The molecule has 7 nitrogen and oxygen atoms in total. The molecule has 1 aromatic carbocycles. The largest absolute Gasteiger partial charge is 0.357 e. The van der Waals surface area contributed by atoms with Crippen molar-refractivity contribution in [1.29, 1.82) is 0 Å². The van der Waals surface area contributed by atoms with Crippen LogP contribution in [0.5, 0.6) is 0 Å². The number of aromatic nitrogens is 2. The smallest absolute Gasteiger partial charge is 0.243 e. The van der Waals surface area contributed by atoms with Gasteiger partial charge in [-0.15, -0.1) is 10.2 Å². The third kappa shape index (κ3) is 4.73. The van der Waals surface area contributed by atoms with Gasteiger partial charge < -0.3 is 5.32 Å². The molecule has 2 heterocycles. The van der Waals surface area contributed by atoms with Gasteiger partial charge in [0.05, 0.1) is 10.6 Å². The molecule has 0 bridgehead atoms. The Bertz CT molecular complexity index is 933. The minimum absolute atomic E-state index is 0.0566. The molecule has 1 saturated heterocycles. The number of carbonyl (C=O) groups excluding carboxylic acids is 1. The first-order valence-corrected chi connectivity index (χ1v) is 12.6. The fraction of sp³-hybridized carbons (Fsp3) is 0.500. The molecule has 10 heteroatoms. The number of carbonyl (C=O) groups is 1. The van der Waals surface area contributed by atoms with Crippen LogP contribution in [0.25, 0.3) is 0 Å². The summed E-state index contributed by atoms with van der Waals surface area (Å²) in [5, 5.41) is 12.3. The van der Waals surface area contributed by atoms with Crippen LogP contribution in [0.15, 0.2) is 33.5 Å². The summed E-state index contributed by atoms with van der Waals surface area (Å²) in [5.41, 5.74) is 0.505. The highest BCUT2D eigenvalue weighted by Gasteiger charge is 2.26. The minimum Gasteiger partial charge on any atom is -0.357 e. The van der Waals surface area contributed by atoms with Gasteiger partial charge in [-0.1, -0.05) is 41.7 Å². The van der Waals surface area contributed by atoms with Gasteiger partial charge in [0.1, 0.15) is 0 Å². The summed E-state index contributed by atoms with van der Waals surface area (Å²) in [6, 6.07) is 6.78. The molecule has 0 amide bonds. The van der Waals surface area contributed by atoms with Gasteiger partial charge in [-0.05, 0) is 37.8 Å². The van der Waals surface area contributed by atoms with E-state index in [0.29, 0.717) is 24.7 Å². The Morgan fingerprint density at radius 2 is 1.86 bits per heavy atom. The number of nitrogens with one attached hydrogen (secondary N) is 1. The quantitative estimate of drug-likeness (QED) is 0.499. The van der Waals surface area contributed by atoms with Crippen LogP contribution >= 0.6 is 23.1 Å². The molecule has 0 atom stereocenters. The number of anilines is 1. The van der Waals surface area contributed by atoms with Crippen molar-refractivity contribution < 1.29 is 13.2 Å². The Kier molecular flexibility index (Phi) is 6.00. The number of rotatable bonds is 8. The second kappa shape index (κ2) is 8.48. The number of nitrogens with zero attached hydrogens (tertiary/aromatic N) is 3. The first-order valence-electron chi connectivity index (χ1n) is 9.38. The Balaban J connectivity index is 1.35. The zero-order valence-electron chi connectivity index (χ0n) is 15.3. The topological polar surface area (TPSA) is 92.3 Å². The van der Waals surface area contributed by atoms with Gasteiger partial charge in [0.25, 0.3) is 0 Å². The van der Waals surface area contributed by atoms with Gasteiger partial charge in [-0.2, -0.15) is 4.31 Å². The first kappa shape index (κ1) is 19.8. The third-order valence-corrected chi connectivity index (χ3v) is 8.67. The summed E-state index contributed by atoms with van der Waals surface area (Å²) in [6.07, 6.45) is 5.21. The van der Waals surface area contributed by atoms with Gasteiger partial charge in [0, 0.05) is 24.7 Å². The Hall–Kier alpha value is -1.49. The molecule has 0 spiro atoms. The molecule has 1 aromatic heterocycles. The van der Waals surface area contributed by atoms with Gasteiger partial charge in [-0.25, -0.2) is 8.42 Å². The number of sulfonamides is 1. The third-order valence-electron chi connectivity index (χ3n) is 4.77. The van der Waals surface area contributed by atoms with Crippen molar-refractivity contribution in [3.8, 4) is 0 Å². The lowest BCUT2D eigenvalue weighted by atomic mass is 10.1. The average Bonchev–Trinajstić information content (AvgIpc) is 3.43. The van der Waals surface area contributed by atoms with Crippen LogP contribution in [0.2, 0.25) is 0 Å². The zero-order valence-corrected chi connectivity index (χ0v) is 17.8. The summed E-state index contributed by atoms with van der Waals surface area (Å²) in [5.74, 6) is 0.190. The van der Waals surface area contributed by atoms with E-state index in [1.807, 2.05) is 0 Å². The van der Waals surface area contributed by atoms with Crippen molar-refractivity contribution in [2.24, 2.45) is 0 Å². The number of hydrogen-bond donors (Lipinski definition) is 1. The number of thioether (sulfide) groups is 1. The predicted octanol–water partition coefficient (Wildman–Crippen LogP) is 3.26. The van der Waals surface area contributed by atoms with Crippen molar-refractivity contribution in [2.75, 3.05) is 24.2 Å². The van der Waals surface area contributed by atoms with E-state index in [-0.39, 0.29) is 16.4 Å². The molecule has 0 unspecified atom stereocenters. The molecule has 1 aliphatic heterocycles. The average molecular weight is 439 g/mol. The minimum atomic E-state index is -3.47. The molecule has 1 saturated carbocycles. The van der Waals surface area contributed by atoms with Crippen LogP contribution in [0.1, 0.15) is 42.5 Å². The van der Waals surface area contributed by atoms with E-state index in [0.717, 1.165) is 28.7 Å². The highest BCUT2D eigenvalue weighted by molar-refractivity contribution is 8.01. The lowest BCUT2D eigenvalue weighted by molar-refractivity contribution is 0.102. The number of ketones is 1. The molecule has 150 valence electrons. The fourth-order valence-corrected chi connectivity index (χ4v) is 6.25. The van der Waals surface area contributed by atoms with E-state index >= 15 is 0 Å². The molecule has 2 fully saturated rings. The second-order valence-electron chi connectivity index (χ2n) is 6.99. The fourth-order valence-electron chi connectivity index (χ4n) is 3.01. The zero-order chi connectivity index (χ0) is 19.6. The molecule has 28 heavy (non-hydrogen) atoms. The van der Waals surface area contributed by atoms with Gasteiger partial charge >= 0.3 is 0 Å². The summed E-state index contributed by atoms with van der Waals surface area (Å²) >= 11 is 2.81. The maximum absolute atomic E-state index is 12.7. The second-order valence-corrected chi connectivity index (χ2v) is 11.1. The predicted molar refractivity (Wildman–Crippen MR) is 111 cm³/mol. The van der Waals surface area contributed by atoms with Gasteiger partial charge in [0.15, 0.2) is 10.1 Å². The normalized spacial score (nSPS) is 18.1. The summed E-state index contributed by atoms with van der Waals surface area (Å²) in [7, 11) is -3.47. The maximum atomic E-state index is 12.7. The highest BCUT2D eigenvalue weighted by Crippen LogP contribution is 2.30. The van der Waals surface area contributed by atoms with Gasteiger partial charge in [-0.3, -0.25) is 4.79 Å². The van der Waals surface area contributed by atoms with E-state index in [9.17, 15) is 13.2 Å². The van der Waals surface area contributed by atoms with Crippen LogP contribution in [0.3, 0.4) is 0 Å².